The van der Waals surface area contributed by atoms with E-state index in [1.54, 1.807) is 0 Å². The number of carbonyl (C=O) groups excluding carboxylic acids is 1. The van der Waals surface area contributed by atoms with E-state index >= 15 is 0 Å². The van der Waals surface area contributed by atoms with Crippen LogP contribution in [0, 0.1) is 0 Å². The first-order chi connectivity index (χ1) is 11.1. The molecule has 0 spiro atoms. The van der Waals surface area contributed by atoms with Crippen molar-refractivity contribution in [2.45, 2.75) is 51.2 Å². The number of hydrogen-bond acceptors (Lipinski definition) is 4. The number of unbranched alkanes of at least 4 members (excludes halogenated alkanes) is 4. The van der Waals surface area contributed by atoms with Crippen LogP contribution in [0.4, 0.5) is 4.79 Å². The van der Waals surface area contributed by atoms with Crippen molar-refractivity contribution in [3.8, 4) is 0 Å². The highest BCUT2D eigenvalue weighted by molar-refractivity contribution is 5.72. The molecule has 1 aromatic rings. The van der Waals surface area contributed by atoms with E-state index < -0.39 is 18.1 Å². The van der Waals surface area contributed by atoms with Gasteiger partial charge in [0.15, 0.2) is 0 Å². The lowest BCUT2D eigenvalue weighted by atomic mass is 10.1. The van der Waals surface area contributed by atoms with E-state index in [9.17, 15) is 9.59 Å². The first kappa shape index (κ1) is 19.0. The van der Waals surface area contributed by atoms with Gasteiger partial charge in [0, 0.05) is 6.54 Å². The first-order valence-electron chi connectivity index (χ1n) is 8.02. The molecule has 0 radical (unpaired) electrons. The normalized spacial score (nSPS) is 11.7. The predicted molar refractivity (Wildman–Crippen MR) is 87.9 cm³/mol. The number of alkyl carbamates (subject to hydrolysis) is 1. The number of carboxylic acids is 1. The summed E-state index contributed by atoms with van der Waals surface area (Å²) in [5.41, 5.74) is 6.38. The van der Waals surface area contributed by atoms with Gasteiger partial charge in [-0.15, -0.1) is 0 Å². The molecule has 0 heterocycles. The Morgan fingerprint density at radius 3 is 2.43 bits per heavy atom. The maximum atomic E-state index is 11.5. The Morgan fingerprint density at radius 1 is 1.09 bits per heavy atom. The van der Waals surface area contributed by atoms with Crippen LogP contribution in [0.1, 0.15) is 44.1 Å². The molecule has 4 N–H and O–H groups in total. The van der Waals surface area contributed by atoms with Gasteiger partial charge in [-0.3, -0.25) is 4.79 Å². The van der Waals surface area contributed by atoms with Crippen LogP contribution >= 0.6 is 0 Å². The molecule has 0 saturated carbocycles. The third-order valence-corrected chi connectivity index (χ3v) is 3.49. The van der Waals surface area contributed by atoms with E-state index in [1.807, 2.05) is 30.3 Å². The van der Waals surface area contributed by atoms with Crippen molar-refractivity contribution in [1.82, 2.24) is 5.32 Å². The standard InChI is InChI=1S/C17H26N2O4/c18-15(16(20)21)11-7-2-1-3-8-12-19-17(22)23-13-14-9-5-4-6-10-14/h4-6,9-10,15H,1-3,7-8,11-13,18H2,(H,19,22)(H,20,21). The van der Waals surface area contributed by atoms with Crippen LogP contribution in [0.15, 0.2) is 30.3 Å². The molecule has 0 saturated heterocycles. The third-order valence-electron chi connectivity index (χ3n) is 3.49. The molecular weight excluding hydrogens is 296 g/mol. The Morgan fingerprint density at radius 2 is 1.74 bits per heavy atom. The van der Waals surface area contributed by atoms with E-state index in [1.165, 1.54) is 0 Å². The number of ether oxygens (including phenoxy) is 1. The predicted octanol–water partition coefficient (Wildman–Crippen LogP) is 2.67. The van der Waals surface area contributed by atoms with Gasteiger partial charge in [-0.05, 0) is 18.4 Å². The van der Waals surface area contributed by atoms with Crippen molar-refractivity contribution in [3.05, 3.63) is 35.9 Å². The summed E-state index contributed by atoms with van der Waals surface area (Å²) in [7, 11) is 0. The lowest BCUT2D eigenvalue weighted by molar-refractivity contribution is -0.138. The minimum Gasteiger partial charge on any atom is -0.480 e. The van der Waals surface area contributed by atoms with Crippen LogP contribution in [0.3, 0.4) is 0 Å². The maximum Gasteiger partial charge on any atom is 0.407 e. The Balaban J connectivity index is 1.92. The average molecular weight is 322 g/mol. The van der Waals surface area contributed by atoms with Crippen molar-refractivity contribution < 1.29 is 19.4 Å². The minimum atomic E-state index is -0.941. The highest BCUT2D eigenvalue weighted by atomic mass is 16.5. The van der Waals surface area contributed by atoms with Crippen LogP contribution in [-0.2, 0) is 16.1 Å². The summed E-state index contributed by atoms with van der Waals surface area (Å²) in [5.74, 6) is -0.941. The number of benzene rings is 1. The van der Waals surface area contributed by atoms with Gasteiger partial charge in [0.05, 0.1) is 0 Å². The fraction of sp³-hybridized carbons (Fsp3) is 0.529. The van der Waals surface area contributed by atoms with E-state index in [2.05, 4.69) is 5.32 Å². The van der Waals surface area contributed by atoms with Gasteiger partial charge in [0.2, 0.25) is 0 Å². The van der Waals surface area contributed by atoms with Crippen LogP contribution in [0.5, 0.6) is 0 Å². The van der Waals surface area contributed by atoms with Gasteiger partial charge in [-0.1, -0.05) is 56.0 Å². The highest BCUT2D eigenvalue weighted by Crippen LogP contribution is 2.06. The zero-order valence-electron chi connectivity index (χ0n) is 13.4. The monoisotopic (exact) mass is 322 g/mol. The molecule has 6 nitrogen and oxygen atoms in total. The van der Waals surface area contributed by atoms with Crippen molar-refractivity contribution in [2.24, 2.45) is 5.73 Å². The van der Waals surface area contributed by atoms with Gasteiger partial charge in [0.25, 0.3) is 0 Å². The molecule has 1 aromatic carbocycles. The van der Waals surface area contributed by atoms with Crippen LogP contribution in [-0.4, -0.2) is 29.8 Å². The molecule has 1 rings (SSSR count). The first-order valence-corrected chi connectivity index (χ1v) is 8.02. The molecule has 0 aliphatic carbocycles. The maximum absolute atomic E-state index is 11.5. The molecule has 0 aromatic heterocycles. The smallest absolute Gasteiger partial charge is 0.407 e. The molecule has 128 valence electrons. The molecule has 1 atom stereocenters. The molecule has 0 fully saturated rings. The zero-order chi connectivity index (χ0) is 16.9. The Kier molecular flexibility index (Phi) is 9.47. The molecule has 0 bridgehead atoms. The second kappa shape index (κ2) is 11.5. The zero-order valence-corrected chi connectivity index (χ0v) is 13.4. The summed E-state index contributed by atoms with van der Waals surface area (Å²) in [6.07, 6.45) is 4.76. The van der Waals surface area contributed by atoms with Crippen LogP contribution < -0.4 is 11.1 Å². The Labute approximate surface area is 137 Å². The fourth-order valence-electron chi connectivity index (χ4n) is 2.11. The molecule has 0 aliphatic rings. The number of carbonyl (C=O) groups is 2. The number of hydrogen-bond donors (Lipinski definition) is 3. The fourth-order valence-corrected chi connectivity index (χ4v) is 2.11. The summed E-state index contributed by atoms with van der Waals surface area (Å²) in [6.45, 7) is 0.860. The summed E-state index contributed by atoms with van der Waals surface area (Å²) >= 11 is 0. The lowest BCUT2D eigenvalue weighted by Crippen LogP contribution is -2.29. The number of rotatable bonds is 11. The number of aliphatic carboxylic acids is 1. The van der Waals surface area contributed by atoms with E-state index in [4.69, 9.17) is 15.6 Å². The van der Waals surface area contributed by atoms with Gasteiger partial charge in [0.1, 0.15) is 12.6 Å². The molecule has 0 aliphatic heterocycles. The highest BCUT2D eigenvalue weighted by Gasteiger charge is 2.09. The molecule has 1 unspecified atom stereocenters. The van der Waals surface area contributed by atoms with Crippen LogP contribution in [0.2, 0.25) is 0 Å². The minimum absolute atomic E-state index is 0.274. The second-order valence-electron chi connectivity index (χ2n) is 5.49. The molecule has 23 heavy (non-hydrogen) atoms. The van der Waals surface area contributed by atoms with Gasteiger partial charge < -0.3 is 20.9 Å². The molecular formula is C17H26N2O4. The quantitative estimate of drug-likeness (QED) is 0.544. The average Bonchev–Trinajstić information content (AvgIpc) is 2.56. The summed E-state index contributed by atoms with van der Waals surface area (Å²) in [4.78, 5) is 22.0. The largest absolute Gasteiger partial charge is 0.480 e. The topological polar surface area (TPSA) is 102 Å². The Hall–Kier alpha value is -2.08. The van der Waals surface area contributed by atoms with Crippen molar-refractivity contribution in [2.75, 3.05) is 6.54 Å². The molecule has 1 amide bonds. The van der Waals surface area contributed by atoms with Crippen molar-refractivity contribution in [1.29, 1.82) is 0 Å². The van der Waals surface area contributed by atoms with Crippen molar-refractivity contribution >= 4 is 12.1 Å². The molecule has 6 heteroatoms. The van der Waals surface area contributed by atoms with E-state index in [0.717, 1.165) is 37.7 Å². The summed E-state index contributed by atoms with van der Waals surface area (Å²) in [6, 6.07) is 8.78. The van der Waals surface area contributed by atoms with Crippen molar-refractivity contribution in [3.63, 3.8) is 0 Å². The van der Waals surface area contributed by atoms with Gasteiger partial charge >= 0.3 is 12.1 Å². The van der Waals surface area contributed by atoms with Gasteiger partial charge in [-0.2, -0.15) is 0 Å². The summed E-state index contributed by atoms with van der Waals surface area (Å²) < 4.78 is 5.10. The lowest BCUT2D eigenvalue weighted by Gasteiger charge is -2.07. The summed E-state index contributed by atoms with van der Waals surface area (Å²) in [5, 5.41) is 11.4. The second-order valence-corrected chi connectivity index (χ2v) is 5.49. The van der Waals surface area contributed by atoms with E-state index in [-0.39, 0.29) is 6.61 Å². The van der Waals surface area contributed by atoms with Gasteiger partial charge in [-0.25, -0.2) is 4.79 Å². The number of amides is 1. The Bertz CT molecular complexity index is 465. The number of carboxylic acid groups (broad SMARTS) is 1. The van der Waals surface area contributed by atoms with Crippen LogP contribution in [0.25, 0.3) is 0 Å². The SMILES string of the molecule is NC(CCCCCCCNC(=O)OCc1ccccc1)C(=O)O. The number of nitrogens with one attached hydrogen (secondary N) is 1. The number of nitrogens with two attached hydrogens (primary N) is 1. The third kappa shape index (κ3) is 9.52. The van der Waals surface area contributed by atoms with E-state index in [0.29, 0.717) is 13.0 Å².